The highest BCUT2D eigenvalue weighted by Gasteiger charge is 2.38. The van der Waals surface area contributed by atoms with Crippen LogP contribution in [0.25, 0.3) is 0 Å². The van der Waals surface area contributed by atoms with Crippen LogP contribution >= 0.6 is 0 Å². The van der Waals surface area contributed by atoms with Crippen molar-refractivity contribution in [3.05, 3.63) is 65.5 Å². The number of hydrogen-bond donors (Lipinski definition) is 3. The Balaban J connectivity index is 1.75. The van der Waals surface area contributed by atoms with Gasteiger partial charge in [-0.1, -0.05) is 50.1 Å². The minimum atomic E-state index is -1.60. The van der Waals surface area contributed by atoms with Crippen molar-refractivity contribution in [2.24, 2.45) is 11.1 Å². The molecular formula is C26H35FN2O3. The van der Waals surface area contributed by atoms with Gasteiger partial charge in [0, 0.05) is 11.0 Å². The van der Waals surface area contributed by atoms with E-state index in [1.807, 2.05) is 24.3 Å². The second kappa shape index (κ2) is 9.20. The predicted molar refractivity (Wildman–Crippen MR) is 124 cm³/mol. The summed E-state index contributed by atoms with van der Waals surface area (Å²) in [5.41, 5.74) is 4.37. The summed E-state index contributed by atoms with van der Waals surface area (Å²) in [6.07, 6.45) is 4.85. The first kappa shape index (κ1) is 24.2. The second-order valence-electron chi connectivity index (χ2n) is 10.1. The van der Waals surface area contributed by atoms with Gasteiger partial charge in [-0.3, -0.25) is 4.79 Å². The monoisotopic (exact) mass is 442 g/mol. The molecule has 5 nitrogen and oxygen atoms in total. The fourth-order valence-corrected chi connectivity index (χ4v) is 4.34. The van der Waals surface area contributed by atoms with Gasteiger partial charge in [0.05, 0.1) is 18.2 Å². The molecule has 1 aliphatic carbocycles. The van der Waals surface area contributed by atoms with Gasteiger partial charge in [0.15, 0.2) is 0 Å². The molecule has 1 aliphatic rings. The number of halogens is 1. The molecule has 0 bridgehead atoms. The van der Waals surface area contributed by atoms with Crippen LogP contribution in [0, 0.1) is 11.2 Å². The Labute approximate surface area is 190 Å². The number of nitrogens with two attached hydrogens (primary N) is 1. The minimum absolute atomic E-state index is 0.0937. The van der Waals surface area contributed by atoms with Gasteiger partial charge < -0.3 is 20.9 Å². The highest BCUT2D eigenvalue weighted by atomic mass is 19.1. The van der Waals surface area contributed by atoms with E-state index in [2.05, 4.69) is 12.2 Å². The average molecular weight is 443 g/mol. The maximum Gasteiger partial charge on any atom is 0.245 e. The van der Waals surface area contributed by atoms with Crippen molar-refractivity contribution in [3.8, 4) is 5.75 Å². The van der Waals surface area contributed by atoms with Crippen LogP contribution in [0.5, 0.6) is 5.75 Å². The van der Waals surface area contributed by atoms with Gasteiger partial charge in [-0.15, -0.1) is 0 Å². The van der Waals surface area contributed by atoms with E-state index >= 15 is 0 Å². The number of amides is 1. The second-order valence-corrected chi connectivity index (χ2v) is 10.1. The van der Waals surface area contributed by atoms with E-state index < -0.39 is 28.9 Å². The Morgan fingerprint density at radius 2 is 1.75 bits per heavy atom. The fraction of sp³-hybridized carbons (Fsp3) is 0.500. The van der Waals surface area contributed by atoms with Gasteiger partial charge in [0.2, 0.25) is 5.91 Å². The Kier molecular flexibility index (Phi) is 6.96. The Bertz CT molecular complexity index is 929. The zero-order chi connectivity index (χ0) is 23.6. The number of ether oxygens (including phenoxy) is 1. The van der Waals surface area contributed by atoms with Crippen LogP contribution in [0.1, 0.15) is 70.5 Å². The van der Waals surface area contributed by atoms with Crippen molar-refractivity contribution in [2.45, 2.75) is 70.6 Å². The lowest BCUT2D eigenvalue weighted by Crippen LogP contribution is -2.53. The van der Waals surface area contributed by atoms with Crippen LogP contribution in [-0.2, 0) is 10.3 Å². The van der Waals surface area contributed by atoms with Gasteiger partial charge in [0.25, 0.3) is 0 Å². The van der Waals surface area contributed by atoms with Crippen molar-refractivity contribution >= 4 is 5.91 Å². The third-order valence-electron chi connectivity index (χ3n) is 6.50. The number of carbonyl (C=O) groups is 1. The lowest BCUT2D eigenvalue weighted by atomic mass is 9.88. The Morgan fingerprint density at radius 3 is 2.31 bits per heavy atom. The molecular weight excluding hydrogens is 407 g/mol. The van der Waals surface area contributed by atoms with E-state index in [1.54, 1.807) is 26.0 Å². The molecule has 4 N–H and O–H groups in total. The third-order valence-corrected chi connectivity index (χ3v) is 6.50. The standard InChI is InChI=1S/C26H35FN2O3/c1-24(2,31)22(29-23(30)26(4,28)20-9-5-6-10-21(20)27)18-11-13-19(14-12-18)32-17-25(3)15-7-8-16-25/h5-6,9-14,22,31H,7-8,15-17,28H2,1-4H3,(H,29,30)/t22-,26-/m1/s1. The van der Waals surface area contributed by atoms with Crippen LogP contribution in [0.4, 0.5) is 4.39 Å². The number of rotatable bonds is 8. The highest BCUT2D eigenvalue weighted by Crippen LogP contribution is 2.38. The molecule has 0 heterocycles. The zero-order valence-electron chi connectivity index (χ0n) is 19.5. The molecule has 2 aromatic carbocycles. The van der Waals surface area contributed by atoms with E-state index in [4.69, 9.17) is 10.5 Å². The molecule has 0 unspecified atom stereocenters. The van der Waals surface area contributed by atoms with Crippen molar-refractivity contribution < 1.29 is 19.0 Å². The lowest BCUT2D eigenvalue weighted by molar-refractivity contribution is -0.129. The summed E-state index contributed by atoms with van der Waals surface area (Å²) in [6.45, 7) is 7.61. The van der Waals surface area contributed by atoms with E-state index in [9.17, 15) is 14.3 Å². The van der Waals surface area contributed by atoms with Crippen molar-refractivity contribution in [1.82, 2.24) is 5.32 Å². The first-order chi connectivity index (χ1) is 14.9. The summed E-state index contributed by atoms with van der Waals surface area (Å²) in [5, 5.41) is 13.6. The van der Waals surface area contributed by atoms with Crippen molar-refractivity contribution in [2.75, 3.05) is 6.61 Å². The van der Waals surface area contributed by atoms with Crippen LogP contribution in [0.3, 0.4) is 0 Å². The van der Waals surface area contributed by atoms with Crippen LogP contribution < -0.4 is 15.8 Å². The molecule has 1 saturated carbocycles. The Hall–Kier alpha value is -2.44. The number of hydrogen-bond acceptors (Lipinski definition) is 4. The van der Waals surface area contributed by atoms with Gasteiger partial charge >= 0.3 is 0 Å². The first-order valence-corrected chi connectivity index (χ1v) is 11.2. The predicted octanol–water partition coefficient (Wildman–Crippen LogP) is 4.59. The average Bonchev–Trinajstić information content (AvgIpc) is 3.17. The quantitative estimate of drug-likeness (QED) is 0.558. The molecule has 174 valence electrons. The maximum absolute atomic E-state index is 14.3. The first-order valence-electron chi connectivity index (χ1n) is 11.2. The smallest absolute Gasteiger partial charge is 0.245 e. The molecule has 2 atom stereocenters. The summed E-state index contributed by atoms with van der Waals surface area (Å²) in [6, 6.07) is 12.5. The van der Waals surface area contributed by atoms with E-state index in [0.29, 0.717) is 12.2 Å². The van der Waals surface area contributed by atoms with Gasteiger partial charge in [-0.05, 0) is 57.4 Å². The molecule has 0 saturated heterocycles. The van der Waals surface area contributed by atoms with Gasteiger partial charge in [-0.25, -0.2) is 4.39 Å². The lowest BCUT2D eigenvalue weighted by Gasteiger charge is -2.34. The van der Waals surface area contributed by atoms with Crippen molar-refractivity contribution in [3.63, 3.8) is 0 Å². The van der Waals surface area contributed by atoms with Crippen LogP contribution in [0.15, 0.2) is 48.5 Å². The summed E-state index contributed by atoms with van der Waals surface area (Å²) in [7, 11) is 0. The molecule has 3 rings (SSSR count). The molecule has 32 heavy (non-hydrogen) atoms. The fourth-order valence-electron chi connectivity index (χ4n) is 4.34. The third kappa shape index (κ3) is 5.48. The minimum Gasteiger partial charge on any atom is -0.493 e. The van der Waals surface area contributed by atoms with Gasteiger partial charge in [0.1, 0.15) is 17.1 Å². The maximum atomic E-state index is 14.3. The Morgan fingerprint density at radius 1 is 1.16 bits per heavy atom. The van der Waals surface area contributed by atoms with E-state index in [0.717, 1.165) is 5.75 Å². The SMILES string of the molecule is CC1(COc2ccc([C@@H](NC(=O)[C@](C)(N)c3ccccc3F)C(C)(C)O)cc2)CCCC1. The number of aliphatic hydroxyl groups is 1. The molecule has 6 heteroatoms. The summed E-state index contributed by atoms with van der Waals surface area (Å²) in [4.78, 5) is 13.1. The van der Waals surface area contributed by atoms with Gasteiger partial charge in [-0.2, -0.15) is 0 Å². The zero-order valence-corrected chi connectivity index (χ0v) is 19.5. The van der Waals surface area contributed by atoms with Crippen LogP contribution in [-0.4, -0.2) is 23.2 Å². The molecule has 0 radical (unpaired) electrons. The number of nitrogens with one attached hydrogen (secondary N) is 1. The number of carbonyl (C=O) groups excluding carboxylic acids is 1. The van der Waals surface area contributed by atoms with E-state index in [1.165, 1.54) is 44.7 Å². The molecule has 1 amide bonds. The van der Waals surface area contributed by atoms with E-state index in [-0.39, 0.29) is 11.0 Å². The largest absolute Gasteiger partial charge is 0.493 e. The number of benzene rings is 2. The summed E-state index contributed by atoms with van der Waals surface area (Å²) in [5.74, 6) is -0.383. The molecule has 2 aromatic rings. The molecule has 0 spiro atoms. The summed E-state index contributed by atoms with van der Waals surface area (Å²) < 4.78 is 20.3. The highest BCUT2D eigenvalue weighted by molar-refractivity contribution is 5.87. The van der Waals surface area contributed by atoms with Crippen LogP contribution in [0.2, 0.25) is 0 Å². The topological polar surface area (TPSA) is 84.6 Å². The normalized spacial score (nSPS) is 18.6. The molecule has 1 fully saturated rings. The van der Waals surface area contributed by atoms with Crippen molar-refractivity contribution in [1.29, 1.82) is 0 Å². The molecule has 0 aliphatic heterocycles. The summed E-state index contributed by atoms with van der Waals surface area (Å²) >= 11 is 0. The molecule has 0 aromatic heterocycles.